The first-order valence-electron chi connectivity index (χ1n) is 11.0. The van der Waals surface area contributed by atoms with Gasteiger partial charge in [-0.1, -0.05) is 18.2 Å². The third-order valence-corrected chi connectivity index (χ3v) is 5.44. The number of hydrogen-bond donors (Lipinski definition) is 1. The van der Waals surface area contributed by atoms with E-state index in [-0.39, 0.29) is 12.1 Å². The smallest absolute Gasteiger partial charge is 0.407 e. The van der Waals surface area contributed by atoms with E-state index in [1.165, 1.54) is 4.88 Å². The molecule has 1 amide bonds. The maximum absolute atomic E-state index is 12.4. The molecular weight excluding hydrogens is 426 g/mol. The number of carbonyl (C=O) groups excluding carboxylic acids is 2. The lowest BCUT2D eigenvalue weighted by molar-refractivity contribution is -0.159. The van der Waals surface area contributed by atoms with E-state index in [9.17, 15) is 9.59 Å². The molecule has 0 saturated carbocycles. The van der Waals surface area contributed by atoms with Crippen molar-refractivity contribution in [2.24, 2.45) is 0 Å². The van der Waals surface area contributed by atoms with E-state index < -0.39 is 17.8 Å². The highest BCUT2D eigenvalue weighted by Gasteiger charge is 2.23. The molecule has 0 aliphatic rings. The highest BCUT2D eigenvalue weighted by Crippen LogP contribution is 2.31. The molecule has 2 rings (SSSR count). The summed E-state index contributed by atoms with van der Waals surface area (Å²) in [6.07, 6.45) is -0.869. The Morgan fingerprint density at radius 1 is 1.12 bits per heavy atom. The van der Waals surface area contributed by atoms with Crippen LogP contribution in [0.5, 0.6) is 0 Å². The zero-order valence-electron chi connectivity index (χ0n) is 20.1. The quantitative estimate of drug-likeness (QED) is 0.489. The van der Waals surface area contributed by atoms with Gasteiger partial charge in [-0.3, -0.25) is 0 Å². The predicted octanol–water partition coefficient (Wildman–Crippen LogP) is 5.65. The van der Waals surface area contributed by atoms with Gasteiger partial charge in [0.15, 0.2) is 6.10 Å². The minimum absolute atomic E-state index is 0.105. The van der Waals surface area contributed by atoms with E-state index in [0.717, 1.165) is 21.6 Å². The molecule has 0 aliphatic carbocycles. The normalized spacial score (nSPS) is 12.5. The van der Waals surface area contributed by atoms with Gasteiger partial charge in [0.25, 0.3) is 0 Å². The van der Waals surface area contributed by atoms with Crippen molar-refractivity contribution in [2.75, 3.05) is 6.61 Å². The molecule has 0 aliphatic heterocycles. The van der Waals surface area contributed by atoms with Crippen molar-refractivity contribution in [2.45, 2.75) is 79.2 Å². The first kappa shape index (κ1) is 25.9. The molecule has 7 heteroatoms. The average molecular weight is 462 g/mol. The molecule has 6 nitrogen and oxygen atoms in total. The Balaban J connectivity index is 2.30. The molecule has 1 heterocycles. The molecule has 1 atom stereocenters. The lowest BCUT2D eigenvalue weighted by Gasteiger charge is -2.21. The van der Waals surface area contributed by atoms with Gasteiger partial charge in [0.05, 0.1) is 12.7 Å². The Kier molecular flexibility index (Phi) is 9.28. The highest BCUT2D eigenvalue weighted by molar-refractivity contribution is 7.15. The third kappa shape index (κ3) is 8.28. The number of amides is 1. The number of nitrogens with one attached hydrogen (secondary N) is 1. The summed E-state index contributed by atoms with van der Waals surface area (Å²) in [5.41, 5.74) is 2.35. The SMILES string of the molecule is CCOC(=O)C(Cc1ccc(-c2ccc(C)s2)c(CNC(=O)OC(C)(C)C)c1)OC(C)C. The molecule has 2 aromatic rings. The second-order valence-corrected chi connectivity index (χ2v) is 10.2. The molecule has 0 radical (unpaired) electrons. The Morgan fingerprint density at radius 2 is 1.84 bits per heavy atom. The fourth-order valence-electron chi connectivity index (χ4n) is 3.19. The van der Waals surface area contributed by atoms with E-state index in [1.807, 2.05) is 52.8 Å². The van der Waals surface area contributed by atoms with Crippen LogP contribution in [0, 0.1) is 6.92 Å². The van der Waals surface area contributed by atoms with Gasteiger partial charge < -0.3 is 19.5 Å². The number of hydrogen-bond acceptors (Lipinski definition) is 6. The number of ether oxygens (including phenoxy) is 3. The van der Waals surface area contributed by atoms with Crippen LogP contribution in [-0.4, -0.2) is 36.5 Å². The lowest BCUT2D eigenvalue weighted by atomic mass is 9.99. The van der Waals surface area contributed by atoms with Crippen LogP contribution in [-0.2, 0) is 32.0 Å². The van der Waals surface area contributed by atoms with Crippen LogP contribution in [0.15, 0.2) is 30.3 Å². The lowest BCUT2D eigenvalue weighted by Crippen LogP contribution is -2.32. The topological polar surface area (TPSA) is 73.9 Å². The van der Waals surface area contributed by atoms with E-state index in [2.05, 4.69) is 24.4 Å². The average Bonchev–Trinajstić information content (AvgIpc) is 3.10. The summed E-state index contributed by atoms with van der Waals surface area (Å²) in [7, 11) is 0. The summed E-state index contributed by atoms with van der Waals surface area (Å²) >= 11 is 1.70. The molecule has 1 unspecified atom stereocenters. The first-order chi connectivity index (χ1) is 15.0. The molecular formula is C25H35NO5S. The first-order valence-corrected chi connectivity index (χ1v) is 11.8. The van der Waals surface area contributed by atoms with Gasteiger partial charge in [0, 0.05) is 22.7 Å². The van der Waals surface area contributed by atoms with E-state index in [1.54, 1.807) is 18.3 Å². The summed E-state index contributed by atoms with van der Waals surface area (Å²) in [5.74, 6) is -0.368. The number of alkyl carbamates (subject to hydrolysis) is 1. The van der Waals surface area contributed by atoms with Crippen molar-refractivity contribution < 1.29 is 23.8 Å². The van der Waals surface area contributed by atoms with Crippen LogP contribution in [0.4, 0.5) is 4.79 Å². The second kappa shape index (κ2) is 11.5. The van der Waals surface area contributed by atoms with Gasteiger partial charge >= 0.3 is 12.1 Å². The maximum Gasteiger partial charge on any atom is 0.407 e. The molecule has 1 aromatic carbocycles. The van der Waals surface area contributed by atoms with Crippen LogP contribution in [0.2, 0.25) is 0 Å². The minimum Gasteiger partial charge on any atom is -0.464 e. The van der Waals surface area contributed by atoms with Gasteiger partial charge in [-0.15, -0.1) is 11.3 Å². The standard InChI is InChI=1S/C25H35NO5S/c1-8-29-23(27)21(30-16(2)3)14-18-10-11-20(22-12-9-17(4)32-22)19(13-18)15-26-24(28)31-25(5,6)7/h9-13,16,21H,8,14-15H2,1-7H3,(H,26,28). The van der Waals surface area contributed by atoms with Crippen LogP contribution >= 0.6 is 11.3 Å². The van der Waals surface area contributed by atoms with Crippen molar-refractivity contribution >= 4 is 23.4 Å². The third-order valence-electron chi connectivity index (χ3n) is 4.40. The zero-order chi connectivity index (χ0) is 23.9. The number of benzene rings is 1. The molecule has 1 aromatic heterocycles. The van der Waals surface area contributed by atoms with Crippen LogP contribution < -0.4 is 5.32 Å². The molecule has 1 N–H and O–H groups in total. The number of rotatable bonds is 9. The maximum atomic E-state index is 12.4. The van der Waals surface area contributed by atoms with Gasteiger partial charge in [0.1, 0.15) is 5.60 Å². The number of carbonyl (C=O) groups is 2. The van der Waals surface area contributed by atoms with Gasteiger partial charge in [0.2, 0.25) is 0 Å². The van der Waals surface area contributed by atoms with E-state index >= 15 is 0 Å². The number of esters is 1. The molecule has 0 spiro atoms. The molecule has 32 heavy (non-hydrogen) atoms. The van der Waals surface area contributed by atoms with E-state index in [4.69, 9.17) is 14.2 Å². The van der Waals surface area contributed by atoms with Gasteiger partial charge in [-0.25, -0.2) is 9.59 Å². The van der Waals surface area contributed by atoms with Crippen molar-refractivity contribution in [1.82, 2.24) is 5.32 Å². The van der Waals surface area contributed by atoms with Crippen molar-refractivity contribution in [1.29, 1.82) is 0 Å². The van der Waals surface area contributed by atoms with Crippen LogP contribution in [0.3, 0.4) is 0 Å². The van der Waals surface area contributed by atoms with Gasteiger partial charge in [-0.2, -0.15) is 0 Å². The number of thiophene rings is 1. The summed E-state index contributed by atoms with van der Waals surface area (Å²) in [6.45, 7) is 13.7. The molecule has 0 saturated heterocycles. The van der Waals surface area contributed by atoms with Crippen molar-refractivity contribution in [3.05, 3.63) is 46.3 Å². The van der Waals surface area contributed by atoms with E-state index in [0.29, 0.717) is 19.6 Å². The molecule has 176 valence electrons. The zero-order valence-corrected chi connectivity index (χ0v) is 20.9. The fourth-order valence-corrected chi connectivity index (χ4v) is 4.11. The Labute approximate surface area is 195 Å². The van der Waals surface area contributed by atoms with Gasteiger partial charge in [-0.05, 0) is 77.3 Å². The summed E-state index contributed by atoms with van der Waals surface area (Å²) in [6, 6.07) is 10.2. The monoisotopic (exact) mass is 461 g/mol. The van der Waals surface area contributed by atoms with Crippen LogP contribution in [0.1, 0.15) is 57.5 Å². The Bertz CT molecular complexity index is 913. The highest BCUT2D eigenvalue weighted by atomic mass is 32.1. The Hall–Kier alpha value is -2.38. The molecule has 0 fully saturated rings. The van der Waals surface area contributed by atoms with Crippen molar-refractivity contribution in [3.63, 3.8) is 0 Å². The fraction of sp³-hybridized carbons (Fsp3) is 0.520. The summed E-state index contributed by atoms with van der Waals surface area (Å²) in [5, 5.41) is 2.85. The summed E-state index contributed by atoms with van der Waals surface area (Å²) in [4.78, 5) is 26.9. The van der Waals surface area contributed by atoms with Crippen molar-refractivity contribution in [3.8, 4) is 10.4 Å². The van der Waals surface area contributed by atoms with Crippen LogP contribution in [0.25, 0.3) is 10.4 Å². The predicted molar refractivity (Wildman–Crippen MR) is 128 cm³/mol. The number of aryl methyl sites for hydroxylation is 1. The minimum atomic E-state index is -0.684. The molecule has 0 bridgehead atoms. The largest absolute Gasteiger partial charge is 0.464 e. The Morgan fingerprint density at radius 3 is 2.41 bits per heavy atom. The second-order valence-electron chi connectivity index (χ2n) is 8.89. The summed E-state index contributed by atoms with van der Waals surface area (Å²) < 4.78 is 16.4.